The second-order valence-electron chi connectivity index (χ2n) is 7.91. The Morgan fingerprint density at radius 3 is 2.45 bits per heavy atom. The van der Waals surface area contributed by atoms with E-state index in [0.717, 1.165) is 22.9 Å². The highest BCUT2D eigenvalue weighted by Gasteiger charge is 2.38. The van der Waals surface area contributed by atoms with E-state index in [2.05, 4.69) is 33.0 Å². The first-order valence-corrected chi connectivity index (χ1v) is 10.0. The molecule has 6 heteroatoms. The van der Waals surface area contributed by atoms with Gasteiger partial charge in [-0.05, 0) is 67.6 Å². The maximum atomic E-state index is 12.5. The summed E-state index contributed by atoms with van der Waals surface area (Å²) in [5.41, 5.74) is 4.67. The molecule has 1 amide bonds. The highest BCUT2D eigenvalue weighted by Crippen LogP contribution is 2.41. The van der Waals surface area contributed by atoms with E-state index in [-0.39, 0.29) is 18.3 Å². The lowest BCUT2D eigenvalue weighted by atomic mass is 10.1. The number of carbonyl (C=O) groups excluding carboxylic acids is 1. The maximum Gasteiger partial charge on any atom is 0.255 e. The van der Waals surface area contributed by atoms with Gasteiger partial charge in [0.15, 0.2) is 0 Å². The minimum Gasteiger partial charge on any atom is -0.322 e. The van der Waals surface area contributed by atoms with Gasteiger partial charge in [-0.1, -0.05) is 24.3 Å². The van der Waals surface area contributed by atoms with Crippen molar-refractivity contribution in [2.24, 2.45) is 5.92 Å². The Morgan fingerprint density at radius 1 is 1.03 bits per heavy atom. The summed E-state index contributed by atoms with van der Waals surface area (Å²) in [5, 5.41) is 13.6. The van der Waals surface area contributed by atoms with Gasteiger partial charge < -0.3 is 10.6 Å². The van der Waals surface area contributed by atoms with E-state index >= 15 is 0 Å². The molecule has 0 saturated heterocycles. The molecular weight excluding hydrogens is 384 g/mol. The number of anilines is 1. The van der Waals surface area contributed by atoms with Gasteiger partial charge in [0.2, 0.25) is 0 Å². The lowest BCUT2D eigenvalue weighted by molar-refractivity contribution is 0.102. The van der Waals surface area contributed by atoms with Crippen LogP contribution in [0.25, 0.3) is 11.3 Å². The summed E-state index contributed by atoms with van der Waals surface area (Å²) in [7, 11) is 0. The second kappa shape index (κ2) is 8.39. The molecule has 0 spiro atoms. The predicted octanol–water partition coefficient (Wildman–Crippen LogP) is 4.61. The van der Waals surface area contributed by atoms with E-state index in [1.165, 1.54) is 31.4 Å². The fourth-order valence-electron chi connectivity index (χ4n) is 3.66. The van der Waals surface area contributed by atoms with Crippen LogP contribution in [0.5, 0.6) is 0 Å². The summed E-state index contributed by atoms with van der Waals surface area (Å²) in [6.45, 7) is 1.17. The van der Waals surface area contributed by atoms with Gasteiger partial charge in [-0.15, -0.1) is 12.4 Å². The summed E-state index contributed by atoms with van der Waals surface area (Å²) in [6, 6.07) is 18.3. The topological polar surface area (TPSA) is 69.8 Å². The third-order valence-electron chi connectivity index (χ3n) is 5.70. The molecule has 2 atom stereocenters. The molecule has 29 heavy (non-hydrogen) atoms. The molecule has 2 aromatic carbocycles. The first-order chi connectivity index (χ1) is 13.8. The number of aromatic nitrogens is 2. The van der Waals surface area contributed by atoms with Crippen LogP contribution in [-0.4, -0.2) is 28.7 Å². The van der Waals surface area contributed by atoms with Gasteiger partial charge in [0.05, 0.1) is 5.69 Å². The zero-order chi connectivity index (χ0) is 18.9. The van der Waals surface area contributed by atoms with Crippen molar-refractivity contribution < 1.29 is 4.79 Å². The van der Waals surface area contributed by atoms with Crippen LogP contribution in [0.4, 0.5) is 5.69 Å². The van der Waals surface area contributed by atoms with Crippen LogP contribution in [0.2, 0.25) is 0 Å². The molecule has 0 bridgehead atoms. The molecule has 5 rings (SSSR count). The Morgan fingerprint density at radius 2 is 1.79 bits per heavy atom. The Kier molecular flexibility index (Phi) is 5.69. The molecule has 0 aliphatic heterocycles. The first-order valence-electron chi connectivity index (χ1n) is 10.0. The lowest BCUT2D eigenvalue weighted by Gasteiger charge is -2.08. The highest BCUT2D eigenvalue weighted by atomic mass is 35.5. The summed E-state index contributed by atoms with van der Waals surface area (Å²) in [5.74, 6) is 1.45. The zero-order valence-corrected chi connectivity index (χ0v) is 16.9. The van der Waals surface area contributed by atoms with Crippen LogP contribution in [-0.2, 0) is 0 Å². The average Bonchev–Trinajstić information content (AvgIpc) is 3.64. The van der Waals surface area contributed by atoms with Gasteiger partial charge >= 0.3 is 0 Å². The molecule has 3 aromatic rings. The largest absolute Gasteiger partial charge is 0.322 e. The van der Waals surface area contributed by atoms with E-state index in [0.29, 0.717) is 17.5 Å². The zero-order valence-electron chi connectivity index (χ0n) is 16.1. The smallest absolute Gasteiger partial charge is 0.255 e. The Balaban J connectivity index is 0.00000205. The van der Waals surface area contributed by atoms with Crippen LogP contribution in [0.1, 0.15) is 41.1 Å². The van der Waals surface area contributed by atoms with Crippen LogP contribution in [0.3, 0.4) is 0 Å². The van der Waals surface area contributed by atoms with Crippen LogP contribution in [0, 0.1) is 5.92 Å². The fourth-order valence-corrected chi connectivity index (χ4v) is 3.66. The SMILES string of the molecule is Cl.O=C(Nc1ccc([C@@H]2C[C@H]2NCC2CC2)cc1)c1ccc(-c2cc[nH]n2)cc1. The summed E-state index contributed by atoms with van der Waals surface area (Å²) < 4.78 is 0. The number of amides is 1. The second-order valence-corrected chi connectivity index (χ2v) is 7.91. The van der Waals surface area contributed by atoms with Crippen molar-refractivity contribution in [3.63, 3.8) is 0 Å². The molecular formula is C23H25ClN4O. The first kappa shape index (κ1) is 19.7. The normalized spacial score (nSPS) is 20.0. The minimum absolute atomic E-state index is 0. The van der Waals surface area contributed by atoms with Crippen molar-refractivity contribution >= 4 is 24.0 Å². The standard InChI is InChI=1S/C23H24N4O.ClH/c28-23(18-5-3-17(4-6-18)21-11-12-25-27-21)26-19-9-7-16(8-10-19)20-13-22(20)24-14-15-1-2-15;/h3-12,15,20,22,24H,1-2,13-14H2,(H,25,27)(H,26,28);1H/t20-,22+;/m0./s1. The van der Waals surface area contributed by atoms with Crippen LogP contribution in [0.15, 0.2) is 60.8 Å². The van der Waals surface area contributed by atoms with Gasteiger partial charge in [-0.25, -0.2) is 0 Å². The van der Waals surface area contributed by atoms with E-state index in [4.69, 9.17) is 0 Å². The van der Waals surface area contributed by atoms with Gasteiger partial charge in [0.25, 0.3) is 5.91 Å². The van der Waals surface area contributed by atoms with E-state index in [1.54, 1.807) is 6.20 Å². The molecule has 1 aromatic heterocycles. The van der Waals surface area contributed by atoms with Crippen molar-refractivity contribution in [3.05, 3.63) is 71.9 Å². The van der Waals surface area contributed by atoms with E-state index in [9.17, 15) is 4.79 Å². The van der Waals surface area contributed by atoms with Crippen molar-refractivity contribution in [1.29, 1.82) is 0 Å². The number of aromatic amines is 1. The molecule has 2 aliphatic carbocycles. The molecule has 0 radical (unpaired) electrons. The van der Waals surface area contributed by atoms with Crippen LogP contribution < -0.4 is 10.6 Å². The third-order valence-corrected chi connectivity index (χ3v) is 5.70. The average molecular weight is 409 g/mol. The van der Waals surface area contributed by atoms with E-state index in [1.807, 2.05) is 42.5 Å². The molecule has 2 saturated carbocycles. The van der Waals surface area contributed by atoms with Crippen molar-refractivity contribution in [3.8, 4) is 11.3 Å². The molecule has 0 unspecified atom stereocenters. The van der Waals surface area contributed by atoms with Crippen molar-refractivity contribution in [2.45, 2.75) is 31.2 Å². The summed E-state index contributed by atoms with van der Waals surface area (Å²) >= 11 is 0. The van der Waals surface area contributed by atoms with Crippen molar-refractivity contribution in [2.75, 3.05) is 11.9 Å². The Bertz CT molecular complexity index is 950. The monoisotopic (exact) mass is 408 g/mol. The molecule has 1 heterocycles. The van der Waals surface area contributed by atoms with Crippen LogP contribution >= 0.6 is 12.4 Å². The summed E-state index contributed by atoms with van der Waals surface area (Å²) in [4.78, 5) is 12.5. The molecule has 2 fully saturated rings. The quantitative estimate of drug-likeness (QED) is 0.534. The minimum atomic E-state index is -0.100. The van der Waals surface area contributed by atoms with E-state index < -0.39 is 0 Å². The Labute approximate surface area is 176 Å². The van der Waals surface area contributed by atoms with Gasteiger partial charge in [-0.2, -0.15) is 5.10 Å². The number of H-pyrrole nitrogens is 1. The fraction of sp³-hybridized carbons (Fsp3) is 0.304. The lowest BCUT2D eigenvalue weighted by Crippen LogP contribution is -2.20. The number of rotatable bonds is 7. The number of hydrogen-bond donors (Lipinski definition) is 3. The number of halogens is 1. The molecule has 3 N–H and O–H groups in total. The van der Waals surface area contributed by atoms with Gasteiger partial charge in [0, 0.05) is 35.0 Å². The summed E-state index contributed by atoms with van der Waals surface area (Å²) in [6.07, 6.45) is 5.79. The highest BCUT2D eigenvalue weighted by molar-refractivity contribution is 6.04. The van der Waals surface area contributed by atoms with Gasteiger partial charge in [0.1, 0.15) is 0 Å². The maximum absolute atomic E-state index is 12.5. The molecule has 2 aliphatic rings. The predicted molar refractivity (Wildman–Crippen MR) is 118 cm³/mol. The number of nitrogens with one attached hydrogen (secondary N) is 3. The number of nitrogens with zero attached hydrogens (tertiary/aromatic N) is 1. The molecule has 150 valence electrons. The van der Waals surface area contributed by atoms with Crippen molar-refractivity contribution in [1.82, 2.24) is 15.5 Å². The number of hydrogen-bond acceptors (Lipinski definition) is 3. The third kappa shape index (κ3) is 4.69. The number of benzene rings is 2. The molecule has 5 nitrogen and oxygen atoms in total. The Hall–Kier alpha value is -2.63. The van der Waals surface area contributed by atoms with Gasteiger partial charge in [-0.3, -0.25) is 9.89 Å². The number of carbonyl (C=O) groups is 1.